The van der Waals surface area contributed by atoms with Crippen LogP contribution in [0.2, 0.25) is 0 Å². The van der Waals surface area contributed by atoms with E-state index in [9.17, 15) is 5.11 Å². The molecule has 1 aromatic rings. The summed E-state index contributed by atoms with van der Waals surface area (Å²) in [4.78, 5) is 7.94. The molecule has 1 heterocycles. The number of ether oxygens (including phenoxy) is 1. The molecule has 0 saturated heterocycles. The first kappa shape index (κ1) is 12.8. The van der Waals surface area contributed by atoms with Crippen molar-refractivity contribution in [2.24, 2.45) is 0 Å². The standard InChI is InChI=1S/C12H20N2O2S/c1-3-14(6-7-16-2)12-13-11(9-4-5-9)10(8-15)17-12/h9,15H,3-8H2,1-2H3. The molecule has 2 rings (SSSR count). The van der Waals surface area contributed by atoms with Crippen LogP contribution in [0.15, 0.2) is 0 Å². The number of nitrogens with zero attached hydrogens (tertiary/aromatic N) is 2. The zero-order valence-corrected chi connectivity index (χ0v) is 11.3. The SMILES string of the molecule is CCN(CCOC)c1nc(C2CC2)c(CO)s1. The van der Waals surface area contributed by atoms with E-state index in [4.69, 9.17) is 9.72 Å². The predicted molar refractivity (Wildman–Crippen MR) is 69.8 cm³/mol. The van der Waals surface area contributed by atoms with Crippen molar-refractivity contribution in [3.63, 3.8) is 0 Å². The first-order valence-electron chi connectivity index (χ1n) is 6.14. The first-order valence-corrected chi connectivity index (χ1v) is 6.96. The van der Waals surface area contributed by atoms with E-state index in [0.717, 1.165) is 28.8 Å². The fourth-order valence-electron chi connectivity index (χ4n) is 1.87. The minimum atomic E-state index is 0.116. The zero-order chi connectivity index (χ0) is 12.3. The number of aliphatic hydroxyl groups is 1. The third-order valence-electron chi connectivity index (χ3n) is 3.04. The van der Waals surface area contributed by atoms with Gasteiger partial charge in [-0.2, -0.15) is 0 Å². The molecule has 1 saturated carbocycles. The quantitative estimate of drug-likeness (QED) is 0.810. The van der Waals surface area contributed by atoms with Crippen molar-refractivity contribution < 1.29 is 9.84 Å². The second kappa shape index (κ2) is 5.80. The highest BCUT2D eigenvalue weighted by molar-refractivity contribution is 7.15. The van der Waals surface area contributed by atoms with E-state index in [1.807, 2.05) is 0 Å². The number of rotatable bonds is 7. The van der Waals surface area contributed by atoms with Gasteiger partial charge in [-0.15, -0.1) is 0 Å². The summed E-state index contributed by atoms with van der Waals surface area (Å²) >= 11 is 1.62. The van der Waals surface area contributed by atoms with Crippen molar-refractivity contribution in [2.45, 2.75) is 32.3 Å². The second-order valence-electron chi connectivity index (χ2n) is 4.31. The van der Waals surface area contributed by atoms with Gasteiger partial charge in [0.25, 0.3) is 0 Å². The van der Waals surface area contributed by atoms with E-state index in [2.05, 4.69) is 11.8 Å². The van der Waals surface area contributed by atoms with Crippen LogP contribution in [0.5, 0.6) is 0 Å². The predicted octanol–water partition coefficient (Wildman–Crippen LogP) is 1.99. The van der Waals surface area contributed by atoms with E-state index in [1.54, 1.807) is 18.4 Å². The van der Waals surface area contributed by atoms with Crippen LogP contribution in [0.25, 0.3) is 0 Å². The minimum Gasteiger partial charge on any atom is -0.391 e. The lowest BCUT2D eigenvalue weighted by Crippen LogP contribution is -2.26. The third-order valence-corrected chi connectivity index (χ3v) is 4.16. The average Bonchev–Trinajstić information content (AvgIpc) is 3.11. The molecule has 0 aliphatic heterocycles. The van der Waals surface area contributed by atoms with E-state index in [1.165, 1.54) is 12.8 Å². The number of likely N-dealkylation sites (N-methyl/N-ethyl adjacent to an activating group) is 1. The van der Waals surface area contributed by atoms with Crippen LogP contribution >= 0.6 is 11.3 Å². The first-order chi connectivity index (χ1) is 8.30. The number of thiazole rings is 1. The Labute approximate surface area is 106 Å². The number of aliphatic hydroxyl groups excluding tert-OH is 1. The van der Waals surface area contributed by atoms with Crippen LogP contribution in [0.1, 0.15) is 36.3 Å². The summed E-state index contributed by atoms with van der Waals surface area (Å²) in [5.74, 6) is 0.600. The van der Waals surface area contributed by atoms with Crippen LogP contribution in [-0.4, -0.2) is 36.9 Å². The summed E-state index contributed by atoms with van der Waals surface area (Å²) in [6.45, 7) is 4.72. The lowest BCUT2D eigenvalue weighted by atomic mass is 10.2. The van der Waals surface area contributed by atoms with Gasteiger partial charge >= 0.3 is 0 Å². The molecule has 96 valence electrons. The van der Waals surface area contributed by atoms with Gasteiger partial charge in [0.2, 0.25) is 0 Å². The summed E-state index contributed by atoms with van der Waals surface area (Å²) in [5.41, 5.74) is 1.13. The van der Waals surface area contributed by atoms with Crippen molar-refractivity contribution >= 4 is 16.5 Å². The van der Waals surface area contributed by atoms with Crippen molar-refractivity contribution in [1.82, 2.24) is 4.98 Å². The molecule has 5 heteroatoms. The van der Waals surface area contributed by atoms with Crippen molar-refractivity contribution in [1.29, 1.82) is 0 Å². The topological polar surface area (TPSA) is 45.6 Å². The molecule has 4 nitrogen and oxygen atoms in total. The fourth-order valence-corrected chi connectivity index (χ4v) is 2.96. The van der Waals surface area contributed by atoms with Gasteiger partial charge in [0.05, 0.1) is 23.8 Å². The highest BCUT2D eigenvalue weighted by atomic mass is 32.1. The molecule has 1 aliphatic rings. The maximum atomic E-state index is 9.37. The molecule has 0 radical (unpaired) electrons. The highest BCUT2D eigenvalue weighted by Crippen LogP contribution is 2.44. The number of methoxy groups -OCH3 is 1. The Balaban J connectivity index is 2.12. The molecular formula is C12H20N2O2S. The van der Waals surface area contributed by atoms with Gasteiger partial charge in [0.1, 0.15) is 0 Å². The summed E-state index contributed by atoms with van der Waals surface area (Å²) < 4.78 is 5.10. The van der Waals surface area contributed by atoms with Crippen LogP contribution in [0, 0.1) is 0 Å². The van der Waals surface area contributed by atoms with Crippen LogP contribution in [0.4, 0.5) is 5.13 Å². The van der Waals surface area contributed by atoms with E-state index in [0.29, 0.717) is 12.5 Å². The van der Waals surface area contributed by atoms with Gasteiger partial charge in [0.15, 0.2) is 5.13 Å². The van der Waals surface area contributed by atoms with Gasteiger partial charge in [-0.25, -0.2) is 4.98 Å². The Hall–Kier alpha value is -0.650. The molecule has 1 aliphatic carbocycles. The molecule has 1 fully saturated rings. The van der Waals surface area contributed by atoms with Crippen molar-refractivity contribution in [2.75, 3.05) is 31.7 Å². The fraction of sp³-hybridized carbons (Fsp3) is 0.750. The largest absolute Gasteiger partial charge is 0.391 e. The van der Waals surface area contributed by atoms with Crippen molar-refractivity contribution in [3.8, 4) is 0 Å². The van der Waals surface area contributed by atoms with E-state index in [-0.39, 0.29) is 6.61 Å². The zero-order valence-electron chi connectivity index (χ0n) is 10.5. The number of anilines is 1. The number of hydrogen-bond donors (Lipinski definition) is 1. The van der Waals surface area contributed by atoms with Gasteiger partial charge in [-0.3, -0.25) is 0 Å². The number of aromatic nitrogens is 1. The Morgan fingerprint density at radius 2 is 2.29 bits per heavy atom. The van der Waals surface area contributed by atoms with Gasteiger partial charge < -0.3 is 14.7 Å². The molecule has 0 aromatic carbocycles. The van der Waals surface area contributed by atoms with Gasteiger partial charge in [-0.1, -0.05) is 11.3 Å². The summed E-state index contributed by atoms with van der Waals surface area (Å²) in [7, 11) is 1.71. The molecule has 1 aromatic heterocycles. The van der Waals surface area contributed by atoms with Crippen molar-refractivity contribution in [3.05, 3.63) is 10.6 Å². The Kier molecular flexibility index (Phi) is 4.36. The Morgan fingerprint density at radius 1 is 1.53 bits per heavy atom. The van der Waals surface area contributed by atoms with Crippen LogP contribution in [-0.2, 0) is 11.3 Å². The highest BCUT2D eigenvalue weighted by Gasteiger charge is 2.30. The van der Waals surface area contributed by atoms with Crippen LogP contribution < -0.4 is 4.90 Å². The van der Waals surface area contributed by atoms with E-state index < -0.39 is 0 Å². The maximum absolute atomic E-state index is 9.37. The smallest absolute Gasteiger partial charge is 0.185 e. The molecular weight excluding hydrogens is 236 g/mol. The number of hydrogen-bond acceptors (Lipinski definition) is 5. The van der Waals surface area contributed by atoms with Gasteiger partial charge in [-0.05, 0) is 19.8 Å². The normalized spacial score (nSPS) is 15.2. The maximum Gasteiger partial charge on any atom is 0.185 e. The van der Waals surface area contributed by atoms with Gasteiger partial charge in [0, 0.05) is 26.1 Å². The lowest BCUT2D eigenvalue weighted by Gasteiger charge is -2.18. The second-order valence-corrected chi connectivity index (χ2v) is 5.37. The summed E-state index contributed by atoms with van der Waals surface area (Å²) in [6.07, 6.45) is 2.45. The minimum absolute atomic E-state index is 0.116. The molecule has 0 amide bonds. The molecule has 17 heavy (non-hydrogen) atoms. The average molecular weight is 256 g/mol. The molecule has 0 unspecified atom stereocenters. The third kappa shape index (κ3) is 2.97. The summed E-state index contributed by atoms with van der Waals surface area (Å²) in [5, 5.41) is 10.4. The molecule has 0 bridgehead atoms. The molecule has 0 atom stereocenters. The Bertz CT molecular complexity index is 363. The lowest BCUT2D eigenvalue weighted by molar-refractivity contribution is 0.205. The van der Waals surface area contributed by atoms with Crippen LogP contribution in [0.3, 0.4) is 0 Å². The molecule has 0 spiro atoms. The molecule has 1 N–H and O–H groups in total. The van der Waals surface area contributed by atoms with E-state index >= 15 is 0 Å². The monoisotopic (exact) mass is 256 g/mol. The Morgan fingerprint density at radius 3 is 2.82 bits per heavy atom. The summed E-state index contributed by atoms with van der Waals surface area (Å²) in [6, 6.07) is 0.